The molecule has 0 aliphatic carbocycles. The first kappa shape index (κ1) is 10.6. The van der Waals surface area contributed by atoms with Gasteiger partial charge < -0.3 is 4.74 Å². The minimum Gasteiger partial charge on any atom is -0.465 e. The summed E-state index contributed by atoms with van der Waals surface area (Å²) in [5.74, 6) is -0.409. The summed E-state index contributed by atoms with van der Waals surface area (Å²) in [5.41, 5.74) is 1.04. The molecule has 0 bridgehead atoms. The second kappa shape index (κ2) is 5.29. The molecule has 0 aromatic rings. The molecule has 3 nitrogen and oxygen atoms in total. The molecule has 0 fully saturated rings. The van der Waals surface area contributed by atoms with Crippen LogP contribution in [-0.2, 0) is 9.53 Å². The van der Waals surface area contributed by atoms with Gasteiger partial charge >= 0.3 is 5.97 Å². The Bertz CT molecular complexity index is 239. The van der Waals surface area contributed by atoms with Crippen molar-refractivity contribution in [2.24, 2.45) is 4.99 Å². The molecule has 0 rings (SSSR count). The Morgan fingerprint density at radius 1 is 1.58 bits per heavy atom. The summed E-state index contributed by atoms with van der Waals surface area (Å²) in [5, 5.41) is 0. The maximum absolute atomic E-state index is 11.0. The number of hydrogen-bond acceptors (Lipinski definition) is 3. The van der Waals surface area contributed by atoms with Crippen molar-refractivity contribution < 1.29 is 9.53 Å². The number of rotatable bonds is 3. The summed E-state index contributed by atoms with van der Waals surface area (Å²) in [7, 11) is 1.33. The lowest BCUT2D eigenvalue weighted by Crippen LogP contribution is -2.04. The number of ether oxygens (including phenoxy) is 1. The van der Waals surface area contributed by atoms with E-state index in [0.29, 0.717) is 11.1 Å². The predicted molar refractivity (Wildman–Crippen MR) is 49.1 cm³/mol. The molecule has 0 aromatic heterocycles. The molecule has 0 atom stereocenters. The van der Waals surface area contributed by atoms with Gasteiger partial charge in [0, 0.05) is 12.4 Å². The van der Waals surface area contributed by atoms with E-state index in [0.717, 1.165) is 0 Å². The molecular formula is C9H13NO2. The lowest BCUT2D eigenvalue weighted by molar-refractivity contribution is -0.135. The third kappa shape index (κ3) is 3.14. The Hall–Kier alpha value is -1.38. The molecule has 3 heteroatoms. The van der Waals surface area contributed by atoms with Crippen LogP contribution in [0.1, 0.15) is 13.8 Å². The van der Waals surface area contributed by atoms with Gasteiger partial charge in [-0.25, -0.2) is 4.79 Å². The van der Waals surface area contributed by atoms with Crippen molar-refractivity contribution in [1.29, 1.82) is 0 Å². The molecule has 12 heavy (non-hydrogen) atoms. The van der Waals surface area contributed by atoms with Gasteiger partial charge in [-0.15, -0.1) is 0 Å². The van der Waals surface area contributed by atoms with E-state index in [2.05, 4.69) is 16.3 Å². The minimum absolute atomic E-state index is 0.399. The first-order valence-corrected chi connectivity index (χ1v) is 3.55. The van der Waals surface area contributed by atoms with Crippen molar-refractivity contribution in [2.75, 3.05) is 7.11 Å². The van der Waals surface area contributed by atoms with E-state index in [1.54, 1.807) is 20.1 Å². The molecule has 0 saturated carbocycles. The molecule has 0 radical (unpaired) electrons. The van der Waals surface area contributed by atoms with Crippen LogP contribution in [0.3, 0.4) is 0 Å². The maximum atomic E-state index is 11.0. The van der Waals surface area contributed by atoms with E-state index in [-0.39, 0.29) is 0 Å². The van der Waals surface area contributed by atoms with Gasteiger partial charge in [0.25, 0.3) is 0 Å². The number of carbonyl (C=O) groups is 1. The molecule has 0 aliphatic heterocycles. The number of methoxy groups -OCH3 is 1. The predicted octanol–water partition coefficient (Wildman–Crippen LogP) is 1.71. The first-order valence-electron chi connectivity index (χ1n) is 3.55. The average molecular weight is 167 g/mol. The van der Waals surface area contributed by atoms with Gasteiger partial charge in [-0.1, -0.05) is 6.58 Å². The average Bonchev–Trinajstić information content (AvgIpc) is 2.04. The summed E-state index contributed by atoms with van der Waals surface area (Å²) in [4.78, 5) is 14.8. The number of esters is 1. The van der Waals surface area contributed by atoms with Gasteiger partial charge in [-0.3, -0.25) is 4.99 Å². The van der Waals surface area contributed by atoms with Crippen LogP contribution in [-0.4, -0.2) is 19.3 Å². The van der Waals surface area contributed by atoms with Crippen molar-refractivity contribution in [2.45, 2.75) is 13.8 Å². The SMILES string of the molecule is C=C(C)/C(=C\N=CC)C(=O)OC. The molecule has 0 unspecified atom stereocenters. The van der Waals surface area contributed by atoms with Crippen LogP contribution < -0.4 is 0 Å². The highest BCUT2D eigenvalue weighted by molar-refractivity contribution is 5.92. The molecule has 66 valence electrons. The highest BCUT2D eigenvalue weighted by atomic mass is 16.5. The van der Waals surface area contributed by atoms with Crippen molar-refractivity contribution in [3.05, 3.63) is 23.9 Å². The molecule has 0 saturated heterocycles. The van der Waals surface area contributed by atoms with Crippen LogP contribution >= 0.6 is 0 Å². The lowest BCUT2D eigenvalue weighted by Gasteiger charge is -2.01. The smallest absolute Gasteiger partial charge is 0.339 e. The monoisotopic (exact) mass is 167 g/mol. The summed E-state index contributed by atoms with van der Waals surface area (Å²) in [6.07, 6.45) is 3.03. The molecular weight excluding hydrogens is 154 g/mol. The quantitative estimate of drug-likeness (QED) is 0.278. The van der Waals surface area contributed by atoms with Crippen molar-refractivity contribution in [1.82, 2.24) is 0 Å². The Balaban J connectivity index is 4.66. The zero-order valence-corrected chi connectivity index (χ0v) is 7.63. The van der Waals surface area contributed by atoms with Crippen molar-refractivity contribution in [3.8, 4) is 0 Å². The van der Waals surface area contributed by atoms with Crippen molar-refractivity contribution in [3.63, 3.8) is 0 Å². The second-order valence-electron chi connectivity index (χ2n) is 2.22. The fourth-order valence-corrected chi connectivity index (χ4v) is 0.596. The number of aliphatic imine (C=N–C) groups is 1. The molecule has 0 N–H and O–H groups in total. The largest absolute Gasteiger partial charge is 0.465 e. The first-order chi connectivity index (χ1) is 5.63. The zero-order valence-electron chi connectivity index (χ0n) is 7.63. The van der Waals surface area contributed by atoms with Gasteiger partial charge in [0.2, 0.25) is 0 Å². The lowest BCUT2D eigenvalue weighted by atomic mass is 10.1. The van der Waals surface area contributed by atoms with Crippen LogP contribution in [0.4, 0.5) is 0 Å². The van der Waals surface area contributed by atoms with Crippen LogP contribution in [0.15, 0.2) is 28.9 Å². The molecule has 0 heterocycles. The van der Waals surface area contributed by atoms with Gasteiger partial charge in [0.05, 0.1) is 12.7 Å². The highest BCUT2D eigenvalue weighted by Gasteiger charge is 2.08. The zero-order chi connectivity index (χ0) is 9.56. The number of nitrogens with zero attached hydrogens (tertiary/aromatic N) is 1. The summed E-state index contributed by atoms with van der Waals surface area (Å²) in [6.45, 7) is 7.13. The Morgan fingerprint density at radius 2 is 2.17 bits per heavy atom. The van der Waals surface area contributed by atoms with E-state index < -0.39 is 5.97 Å². The van der Waals surface area contributed by atoms with E-state index >= 15 is 0 Å². The van der Waals surface area contributed by atoms with Gasteiger partial charge in [0.15, 0.2) is 0 Å². The van der Waals surface area contributed by atoms with E-state index in [1.807, 2.05) is 0 Å². The molecule has 0 spiro atoms. The fraction of sp³-hybridized carbons (Fsp3) is 0.333. The third-order valence-corrected chi connectivity index (χ3v) is 1.22. The standard InChI is InChI=1S/C9H13NO2/c1-5-10-6-8(7(2)3)9(11)12-4/h5-6H,2H2,1,3-4H3/b8-6+,10-5?. The Morgan fingerprint density at radius 3 is 2.50 bits per heavy atom. The number of carbonyl (C=O) groups excluding carboxylic acids is 1. The summed E-state index contributed by atoms with van der Waals surface area (Å²) < 4.78 is 4.53. The van der Waals surface area contributed by atoms with E-state index in [1.165, 1.54) is 13.3 Å². The van der Waals surface area contributed by atoms with Crippen LogP contribution in [0.5, 0.6) is 0 Å². The van der Waals surface area contributed by atoms with E-state index in [4.69, 9.17) is 0 Å². The highest BCUT2D eigenvalue weighted by Crippen LogP contribution is 2.08. The van der Waals surface area contributed by atoms with E-state index in [9.17, 15) is 4.79 Å². The summed E-state index contributed by atoms with van der Waals surface area (Å²) >= 11 is 0. The van der Waals surface area contributed by atoms with Crippen molar-refractivity contribution >= 4 is 12.2 Å². The second-order valence-corrected chi connectivity index (χ2v) is 2.22. The topological polar surface area (TPSA) is 38.7 Å². The molecule has 0 aromatic carbocycles. The maximum Gasteiger partial charge on any atom is 0.339 e. The van der Waals surface area contributed by atoms with Crippen LogP contribution in [0.2, 0.25) is 0 Å². The van der Waals surface area contributed by atoms with Crippen LogP contribution in [0.25, 0.3) is 0 Å². The normalized spacial score (nSPS) is 11.8. The van der Waals surface area contributed by atoms with Gasteiger partial charge in [-0.05, 0) is 19.4 Å². The minimum atomic E-state index is -0.409. The van der Waals surface area contributed by atoms with Gasteiger partial charge in [0.1, 0.15) is 0 Å². The molecule has 0 aliphatic rings. The fourth-order valence-electron chi connectivity index (χ4n) is 0.596. The van der Waals surface area contributed by atoms with Crippen LogP contribution in [0, 0.1) is 0 Å². The Kier molecular flexibility index (Phi) is 4.69. The Labute approximate surface area is 72.4 Å². The molecule has 0 amide bonds. The summed E-state index contributed by atoms with van der Waals surface area (Å²) in [6, 6.07) is 0. The van der Waals surface area contributed by atoms with Gasteiger partial charge in [-0.2, -0.15) is 0 Å². The third-order valence-electron chi connectivity index (χ3n) is 1.22. The number of hydrogen-bond donors (Lipinski definition) is 0.